The quantitative estimate of drug-likeness (QED) is 0.503. The topological polar surface area (TPSA) is 126 Å². The largest absolute Gasteiger partial charge is 0.383 e. The molecule has 4 rings (SSSR count). The lowest BCUT2D eigenvalue weighted by atomic mass is 10.2. The van der Waals surface area contributed by atoms with Gasteiger partial charge in [0.1, 0.15) is 23.1 Å². The Labute approximate surface area is 174 Å². The van der Waals surface area contributed by atoms with Crippen LogP contribution < -0.4 is 11.5 Å². The Kier molecular flexibility index (Phi) is 5.17. The van der Waals surface area contributed by atoms with Gasteiger partial charge in [0, 0.05) is 28.8 Å². The highest BCUT2D eigenvalue weighted by molar-refractivity contribution is 7.84. The number of pyridine rings is 1. The molecule has 1 aromatic carbocycles. The summed E-state index contributed by atoms with van der Waals surface area (Å²) in [7, 11) is -1.18. The van der Waals surface area contributed by atoms with Crippen LogP contribution in [-0.2, 0) is 17.3 Å². The van der Waals surface area contributed by atoms with Crippen molar-refractivity contribution in [3.8, 4) is 11.5 Å². The minimum atomic E-state index is -1.18. The van der Waals surface area contributed by atoms with Crippen molar-refractivity contribution in [2.45, 2.75) is 18.7 Å². The molecule has 4 N–H and O–H groups in total. The number of anilines is 2. The fourth-order valence-electron chi connectivity index (χ4n) is 3.27. The number of nitrogens with two attached hydrogens (primary N) is 2. The maximum absolute atomic E-state index is 14.2. The number of halogens is 1. The van der Waals surface area contributed by atoms with Gasteiger partial charge >= 0.3 is 0 Å². The third-order valence-corrected chi connectivity index (χ3v) is 6.14. The van der Waals surface area contributed by atoms with Gasteiger partial charge < -0.3 is 11.5 Å². The van der Waals surface area contributed by atoms with Gasteiger partial charge in [0.05, 0.1) is 22.7 Å². The van der Waals surface area contributed by atoms with Gasteiger partial charge in [-0.25, -0.2) is 24.0 Å². The molecule has 0 aliphatic heterocycles. The molecule has 2 unspecified atom stereocenters. The normalized spacial score (nSPS) is 13.4. The molecular weight excluding hydrogens is 405 g/mol. The Morgan fingerprint density at radius 3 is 2.50 bits per heavy atom. The van der Waals surface area contributed by atoms with E-state index in [4.69, 9.17) is 11.5 Å². The van der Waals surface area contributed by atoms with E-state index in [0.717, 1.165) is 0 Å². The third kappa shape index (κ3) is 3.50. The fourth-order valence-corrected chi connectivity index (χ4v) is 3.84. The molecule has 3 aromatic heterocycles. The van der Waals surface area contributed by atoms with Gasteiger partial charge in [-0.3, -0.25) is 4.21 Å². The smallest absolute Gasteiger partial charge is 0.184 e. The number of hydrogen-bond donors (Lipinski definition) is 2. The average Bonchev–Trinajstić information content (AvgIpc) is 3.07. The first-order chi connectivity index (χ1) is 14.4. The van der Waals surface area contributed by atoms with Crippen LogP contribution in [0.15, 0.2) is 42.6 Å². The highest BCUT2D eigenvalue weighted by atomic mass is 32.2. The summed E-state index contributed by atoms with van der Waals surface area (Å²) in [6.07, 6.45) is 3.21. The molecule has 0 spiro atoms. The highest BCUT2D eigenvalue weighted by Crippen LogP contribution is 2.32. The van der Waals surface area contributed by atoms with E-state index in [2.05, 4.69) is 20.1 Å². The van der Waals surface area contributed by atoms with Crippen molar-refractivity contribution in [1.29, 1.82) is 0 Å². The molecule has 0 aliphatic carbocycles. The summed E-state index contributed by atoms with van der Waals surface area (Å²) in [5.41, 5.74) is 14.2. The van der Waals surface area contributed by atoms with Crippen molar-refractivity contribution < 1.29 is 8.60 Å². The van der Waals surface area contributed by atoms with Gasteiger partial charge in [-0.1, -0.05) is 18.2 Å². The summed E-state index contributed by atoms with van der Waals surface area (Å²) in [6, 6.07) is 10.1. The number of aromatic nitrogens is 5. The van der Waals surface area contributed by atoms with Crippen molar-refractivity contribution in [2.24, 2.45) is 0 Å². The summed E-state index contributed by atoms with van der Waals surface area (Å²) in [5.74, 6) is 0.212. The van der Waals surface area contributed by atoms with Crippen LogP contribution in [0.3, 0.4) is 0 Å². The predicted octanol–water partition coefficient (Wildman–Crippen LogP) is 2.68. The van der Waals surface area contributed by atoms with Gasteiger partial charge in [-0.15, -0.1) is 0 Å². The minimum Gasteiger partial charge on any atom is -0.383 e. The van der Waals surface area contributed by atoms with Gasteiger partial charge in [0.25, 0.3) is 0 Å². The molecule has 10 heteroatoms. The molecule has 0 bridgehead atoms. The van der Waals surface area contributed by atoms with E-state index < -0.39 is 16.0 Å². The van der Waals surface area contributed by atoms with Gasteiger partial charge in [-0.05, 0) is 25.1 Å². The SMILES string of the molecule is CC(c1c(N)nc(-c2nn(Cc3ccccc3F)c3ncccc23)nc1N)S(C)=O. The predicted molar refractivity (Wildman–Crippen MR) is 115 cm³/mol. The van der Waals surface area contributed by atoms with E-state index in [9.17, 15) is 8.60 Å². The van der Waals surface area contributed by atoms with Crippen molar-refractivity contribution in [3.63, 3.8) is 0 Å². The van der Waals surface area contributed by atoms with Crippen molar-refractivity contribution in [3.05, 3.63) is 59.5 Å². The molecule has 0 aliphatic rings. The van der Waals surface area contributed by atoms with E-state index in [1.807, 2.05) is 6.07 Å². The molecule has 4 aromatic rings. The second-order valence-corrected chi connectivity index (χ2v) is 8.55. The summed E-state index contributed by atoms with van der Waals surface area (Å²) >= 11 is 0. The summed E-state index contributed by atoms with van der Waals surface area (Å²) in [4.78, 5) is 13.1. The van der Waals surface area contributed by atoms with Crippen LogP contribution in [0, 0.1) is 5.82 Å². The van der Waals surface area contributed by atoms with Crippen LogP contribution in [0.25, 0.3) is 22.6 Å². The number of fused-ring (bicyclic) bond motifs is 1. The lowest BCUT2D eigenvalue weighted by Crippen LogP contribution is -2.12. The second kappa shape index (κ2) is 7.79. The number of hydrogen-bond acceptors (Lipinski definition) is 7. The lowest BCUT2D eigenvalue weighted by Gasteiger charge is -2.14. The van der Waals surface area contributed by atoms with Crippen LogP contribution in [-0.4, -0.2) is 35.2 Å². The first-order valence-corrected chi connectivity index (χ1v) is 10.8. The Hall–Kier alpha value is -3.40. The zero-order valence-corrected chi connectivity index (χ0v) is 17.2. The van der Waals surface area contributed by atoms with Gasteiger partial charge in [-0.2, -0.15) is 5.10 Å². The number of nitrogens with zero attached hydrogens (tertiary/aromatic N) is 5. The van der Waals surface area contributed by atoms with Gasteiger partial charge in [0.15, 0.2) is 11.5 Å². The number of rotatable bonds is 5. The highest BCUT2D eigenvalue weighted by Gasteiger charge is 2.23. The van der Waals surface area contributed by atoms with Gasteiger partial charge in [0.2, 0.25) is 0 Å². The molecule has 0 saturated carbocycles. The molecule has 0 radical (unpaired) electrons. The van der Waals surface area contributed by atoms with E-state index in [1.54, 1.807) is 48.3 Å². The Bertz CT molecular complexity index is 1250. The molecule has 0 saturated heterocycles. The first-order valence-electron chi connectivity index (χ1n) is 9.17. The van der Waals surface area contributed by atoms with Crippen molar-refractivity contribution in [1.82, 2.24) is 24.7 Å². The molecule has 154 valence electrons. The first kappa shape index (κ1) is 19.9. The number of benzene rings is 1. The van der Waals surface area contributed by atoms with E-state index in [-0.39, 0.29) is 29.8 Å². The lowest BCUT2D eigenvalue weighted by molar-refractivity contribution is 0.589. The van der Waals surface area contributed by atoms with Crippen LogP contribution in [0.4, 0.5) is 16.0 Å². The summed E-state index contributed by atoms with van der Waals surface area (Å²) in [5, 5.41) is 4.86. The zero-order chi connectivity index (χ0) is 21.4. The summed E-state index contributed by atoms with van der Waals surface area (Å²) < 4.78 is 27.6. The average molecular weight is 425 g/mol. The molecule has 8 nitrogen and oxygen atoms in total. The van der Waals surface area contributed by atoms with E-state index >= 15 is 0 Å². The molecule has 0 fully saturated rings. The Morgan fingerprint density at radius 2 is 1.83 bits per heavy atom. The molecule has 30 heavy (non-hydrogen) atoms. The van der Waals surface area contributed by atoms with Crippen molar-refractivity contribution >= 4 is 33.5 Å². The minimum absolute atomic E-state index is 0.154. The fraction of sp³-hybridized carbons (Fsp3) is 0.200. The van der Waals surface area contributed by atoms with Crippen molar-refractivity contribution in [2.75, 3.05) is 17.7 Å². The zero-order valence-electron chi connectivity index (χ0n) is 16.4. The molecule has 2 atom stereocenters. The monoisotopic (exact) mass is 425 g/mol. The maximum atomic E-state index is 14.2. The van der Waals surface area contributed by atoms with Crippen LogP contribution in [0.5, 0.6) is 0 Å². The third-order valence-electron chi connectivity index (χ3n) is 4.91. The second-order valence-electron chi connectivity index (χ2n) is 6.84. The van der Waals surface area contributed by atoms with Crippen LogP contribution in [0.2, 0.25) is 0 Å². The molecular formula is C20H20FN7OS. The maximum Gasteiger partial charge on any atom is 0.184 e. The Balaban J connectivity index is 1.84. The molecule has 3 heterocycles. The van der Waals surface area contributed by atoms with Crippen LogP contribution >= 0.6 is 0 Å². The standard InChI is InChI=1S/C20H20FN7OS/c1-11(30(2)29)15-17(22)25-19(26-18(15)23)16-13-7-5-9-24-20(13)28(27-16)10-12-6-3-4-8-14(12)21/h3-9,11H,10H2,1-2H3,(H4,22,23,25,26). The summed E-state index contributed by atoms with van der Waals surface area (Å²) in [6.45, 7) is 1.94. The Morgan fingerprint density at radius 1 is 1.13 bits per heavy atom. The van der Waals surface area contributed by atoms with E-state index in [0.29, 0.717) is 27.9 Å². The number of nitrogen functional groups attached to an aromatic ring is 2. The molecule has 0 amide bonds. The van der Waals surface area contributed by atoms with E-state index in [1.165, 1.54) is 6.07 Å². The van der Waals surface area contributed by atoms with Crippen LogP contribution in [0.1, 0.15) is 23.3 Å².